The second-order valence-corrected chi connectivity index (χ2v) is 5.61. The van der Waals surface area contributed by atoms with Crippen LogP contribution >= 0.6 is 11.3 Å². The van der Waals surface area contributed by atoms with E-state index in [-0.39, 0.29) is 12.2 Å². The van der Waals surface area contributed by atoms with Gasteiger partial charge in [-0.2, -0.15) is 5.26 Å². The molecule has 5 nitrogen and oxygen atoms in total. The highest BCUT2D eigenvalue weighted by Crippen LogP contribution is 2.31. The van der Waals surface area contributed by atoms with Gasteiger partial charge in [-0.15, -0.1) is 11.3 Å². The molecule has 0 amide bonds. The van der Waals surface area contributed by atoms with Crippen molar-refractivity contribution in [2.75, 3.05) is 6.61 Å². The Balaban J connectivity index is 1.91. The third-order valence-corrected chi connectivity index (χ3v) is 4.08. The molecule has 3 rings (SSSR count). The zero-order valence-corrected chi connectivity index (χ0v) is 13.1. The number of ether oxygens (including phenoxy) is 1. The van der Waals surface area contributed by atoms with Crippen LogP contribution in [0.1, 0.15) is 12.7 Å². The van der Waals surface area contributed by atoms with Gasteiger partial charge in [0.05, 0.1) is 16.8 Å². The first-order valence-electron chi connectivity index (χ1n) is 6.96. The Morgan fingerprint density at radius 2 is 2.22 bits per heavy atom. The van der Waals surface area contributed by atoms with Crippen molar-refractivity contribution in [1.82, 2.24) is 4.98 Å². The van der Waals surface area contributed by atoms with Crippen LogP contribution in [0.15, 0.2) is 46.4 Å². The number of furan rings is 1. The van der Waals surface area contributed by atoms with Gasteiger partial charge in [0.15, 0.2) is 10.8 Å². The van der Waals surface area contributed by atoms with Gasteiger partial charge in [0, 0.05) is 6.08 Å². The molecule has 0 aliphatic heterocycles. The topological polar surface area (TPSA) is 76.1 Å². The van der Waals surface area contributed by atoms with Crippen LogP contribution in [0, 0.1) is 11.3 Å². The Labute approximate surface area is 136 Å². The Hall–Kier alpha value is -2.91. The van der Waals surface area contributed by atoms with Crippen molar-refractivity contribution in [3.05, 3.63) is 47.7 Å². The van der Waals surface area contributed by atoms with Gasteiger partial charge in [0.25, 0.3) is 0 Å². The molecule has 0 saturated heterocycles. The summed E-state index contributed by atoms with van der Waals surface area (Å²) < 4.78 is 11.6. The molecular weight excluding hydrogens is 312 g/mol. The number of nitrogens with zero attached hydrogens (tertiary/aromatic N) is 2. The van der Waals surface area contributed by atoms with Gasteiger partial charge >= 0.3 is 5.97 Å². The van der Waals surface area contributed by atoms with Crippen LogP contribution in [-0.4, -0.2) is 17.6 Å². The third-order valence-electron chi connectivity index (χ3n) is 3.03. The molecule has 0 bridgehead atoms. The van der Waals surface area contributed by atoms with E-state index in [4.69, 9.17) is 14.4 Å². The summed E-state index contributed by atoms with van der Waals surface area (Å²) >= 11 is 1.52. The Kier molecular flexibility index (Phi) is 4.22. The summed E-state index contributed by atoms with van der Waals surface area (Å²) in [4.78, 5) is 16.1. The molecule has 0 fully saturated rings. The molecular formula is C17H12N2O3S. The summed E-state index contributed by atoms with van der Waals surface area (Å²) in [6, 6.07) is 13.1. The lowest BCUT2D eigenvalue weighted by Crippen LogP contribution is -2.05. The molecule has 114 valence electrons. The summed E-state index contributed by atoms with van der Waals surface area (Å²) in [5, 5.41) is 9.78. The Morgan fingerprint density at radius 3 is 2.96 bits per heavy atom. The van der Waals surface area contributed by atoms with Gasteiger partial charge in [-0.1, -0.05) is 12.1 Å². The van der Waals surface area contributed by atoms with Crippen LogP contribution in [0.5, 0.6) is 0 Å². The number of hydrogen-bond donors (Lipinski definition) is 0. The molecule has 2 aromatic heterocycles. The van der Waals surface area contributed by atoms with E-state index < -0.39 is 5.97 Å². The van der Waals surface area contributed by atoms with Crippen LogP contribution in [0.4, 0.5) is 0 Å². The highest BCUT2D eigenvalue weighted by molar-refractivity contribution is 7.21. The third kappa shape index (κ3) is 3.15. The lowest BCUT2D eigenvalue weighted by atomic mass is 10.2. The normalized spacial score (nSPS) is 11.4. The van der Waals surface area contributed by atoms with Crippen molar-refractivity contribution in [3.8, 4) is 16.8 Å². The quantitative estimate of drug-likeness (QED) is 0.411. The van der Waals surface area contributed by atoms with Crippen molar-refractivity contribution in [2.45, 2.75) is 6.92 Å². The summed E-state index contributed by atoms with van der Waals surface area (Å²) in [5.41, 5.74) is 0.808. The fraction of sp³-hybridized carbons (Fsp3) is 0.118. The number of fused-ring (bicyclic) bond motifs is 1. The second kappa shape index (κ2) is 6.46. The number of esters is 1. The minimum atomic E-state index is -0.659. The number of para-hydroxylation sites is 1. The molecule has 0 aliphatic rings. The molecule has 0 atom stereocenters. The van der Waals surface area contributed by atoms with Crippen molar-refractivity contribution >= 4 is 33.6 Å². The van der Waals surface area contributed by atoms with E-state index in [9.17, 15) is 4.79 Å². The molecule has 23 heavy (non-hydrogen) atoms. The number of carbonyl (C=O) groups is 1. The first-order valence-corrected chi connectivity index (χ1v) is 7.77. The van der Waals surface area contributed by atoms with E-state index in [0.717, 1.165) is 15.2 Å². The zero-order chi connectivity index (χ0) is 16.2. The van der Waals surface area contributed by atoms with Crippen molar-refractivity contribution in [3.63, 3.8) is 0 Å². The number of hydrogen-bond acceptors (Lipinski definition) is 6. The minimum Gasteiger partial charge on any atom is -0.462 e. The number of aromatic nitrogens is 1. The van der Waals surface area contributed by atoms with E-state index in [1.165, 1.54) is 17.4 Å². The fourth-order valence-corrected chi connectivity index (χ4v) is 2.94. The zero-order valence-electron chi connectivity index (χ0n) is 12.3. The van der Waals surface area contributed by atoms with E-state index in [0.29, 0.717) is 11.5 Å². The molecule has 0 unspecified atom stereocenters. The maximum atomic E-state index is 11.6. The van der Waals surface area contributed by atoms with Crippen LogP contribution < -0.4 is 0 Å². The second-order valence-electron chi connectivity index (χ2n) is 4.58. The molecule has 0 N–H and O–H groups in total. The molecule has 0 saturated carbocycles. The molecule has 0 aliphatic carbocycles. The lowest BCUT2D eigenvalue weighted by molar-refractivity contribution is -0.137. The maximum Gasteiger partial charge on any atom is 0.349 e. The predicted octanol–water partition coefficient (Wildman–Crippen LogP) is 4.03. The molecule has 0 spiro atoms. The van der Waals surface area contributed by atoms with Crippen molar-refractivity contribution in [1.29, 1.82) is 5.26 Å². The van der Waals surface area contributed by atoms with Gasteiger partial charge in [0.2, 0.25) is 0 Å². The summed E-state index contributed by atoms with van der Waals surface area (Å²) in [7, 11) is 0. The highest BCUT2D eigenvalue weighted by atomic mass is 32.1. The number of benzene rings is 1. The highest BCUT2D eigenvalue weighted by Gasteiger charge is 2.13. The van der Waals surface area contributed by atoms with Gasteiger partial charge in [-0.3, -0.25) is 0 Å². The first kappa shape index (κ1) is 15.0. The summed E-state index contributed by atoms with van der Waals surface area (Å²) in [5.74, 6) is 0.343. The summed E-state index contributed by atoms with van der Waals surface area (Å²) in [6.07, 6.45) is 1.37. The molecule has 0 radical (unpaired) electrons. The smallest absolute Gasteiger partial charge is 0.349 e. The minimum absolute atomic E-state index is 0.1000. The van der Waals surface area contributed by atoms with E-state index >= 15 is 0 Å². The van der Waals surface area contributed by atoms with Gasteiger partial charge in [0.1, 0.15) is 17.4 Å². The number of rotatable bonds is 4. The maximum absolute atomic E-state index is 11.6. The largest absolute Gasteiger partial charge is 0.462 e. The summed E-state index contributed by atoms with van der Waals surface area (Å²) in [6.45, 7) is 1.90. The first-order chi connectivity index (χ1) is 11.2. The molecule has 6 heteroatoms. The lowest BCUT2D eigenvalue weighted by Gasteiger charge is -1.98. The monoisotopic (exact) mass is 324 g/mol. The van der Waals surface area contributed by atoms with Crippen molar-refractivity contribution in [2.24, 2.45) is 0 Å². The van der Waals surface area contributed by atoms with Gasteiger partial charge in [-0.05, 0) is 31.2 Å². The van der Waals surface area contributed by atoms with Crippen molar-refractivity contribution < 1.29 is 13.9 Å². The standard InChI is InChI=1S/C17H12N2O3S/c1-2-21-17(20)11(10-18)9-12-7-8-14(22-12)16-19-13-5-3-4-6-15(13)23-16/h3-9H,2H2,1H3. The Bertz CT molecular complexity index is 898. The van der Waals surface area contributed by atoms with E-state index in [1.54, 1.807) is 19.1 Å². The number of thiazole rings is 1. The van der Waals surface area contributed by atoms with E-state index in [2.05, 4.69) is 4.98 Å². The van der Waals surface area contributed by atoms with Crippen LogP contribution in [0.2, 0.25) is 0 Å². The predicted molar refractivity (Wildman–Crippen MR) is 87.5 cm³/mol. The average Bonchev–Trinajstić information content (AvgIpc) is 3.19. The van der Waals surface area contributed by atoms with Crippen LogP contribution in [0.3, 0.4) is 0 Å². The fourth-order valence-electron chi connectivity index (χ4n) is 2.01. The van der Waals surface area contributed by atoms with Gasteiger partial charge in [-0.25, -0.2) is 9.78 Å². The number of nitriles is 1. The molecule has 2 heterocycles. The van der Waals surface area contributed by atoms with Crippen LogP contribution in [-0.2, 0) is 9.53 Å². The Morgan fingerprint density at radius 1 is 1.39 bits per heavy atom. The van der Waals surface area contributed by atoms with Crippen LogP contribution in [0.25, 0.3) is 27.1 Å². The van der Waals surface area contributed by atoms with Gasteiger partial charge < -0.3 is 9.15 Å². The average molecular weight is 324 g/mol. The molecule has 1 aromatic carbocycles. The molecule has 3 aromatic rings. The number of carbonyl (C=O) groups excluding carboxylic acids is 1. The SMILES string of the molecule is CCOC(=O)C(C#N)=Cc1ccc(-c2nc3ccccc3s2)o1. The van der Waals surface area contributed by atoms with E-state index in [1.807, 2.05) is 30.3 Å².